The van der Waals surface area contributed by atoms with Gasteiger partial charge in [0.05, 0.1) is 11.1 Å². The van der Waals surface area contributed by atoms with E-state index < -0.39 is 18.2 Å². The lowest BCUT2D eigenvalue weighted by atomic mass is 10.1. The van der Waals surface area contributed by atoms with Crippen LogP contribution in [0.15, 0.2) is 84.9 Å². The quantitative estimate of drug-likeness (QED) is 0.471. The summed E-state index contributed by atoms with van der Waals surface area (Å²) in [5, 5.41) is 9.05. The van der Waals surface area contributed by atoms with Crippen molar-refractivity contribution in [1.29, 1.82) is 0 Å². The molecule has 6 nitrogen and oxygen atoms in total. The minimum Gasteiger partial charge on any atom is -0.478 e. The molecular weight excluding hydrogens is 360 g/mol. The molecule has 0 aromatic heterocycles. The smallest absolute Gasteiger partial charge is 0.338 e. The molecule has 0 amide bonds. The molecule has 0 saturated heterocycles. The number of ether oxygens (including phenoxy) is 3. The fraction of sp³-hybridized carbons (Fsp3) is 0.0909. The molecule has 28 heavy (non-hydrogen) atoms. The number of carboxylic acid groups (broad SMARTS) is 1. The fourth-order valence-electron chi connectivity index (χ4n) is 2.40. The minimum absolute atomic E-state index is 0.00655. The van der Waals surface area contributed by atoms with Gasteiger partial charge in [0.25, 0.3) is 6.29 Å². The maximum atomic E-state index is 12.3. The van der Waals surface area contributed by atoms with Crippen LogP contribution < -0.4 is 9.47 Å². The van der Waals surface area contributed by atoms with E-state index in [4.69, 9.17) is 19.3 Å². The Kier molecular flexibility index (Phi) is 6.25. The van der Waals surface area contributed by atoms with Crippen LogP contribution in [0.25, 0.3) is 0 Å². The van der Waals surface area contributed by atoms with Crippen LogP contribution in [0, 0.1) is 0 Å². The Hall–Kier alpha value is -3.80. The molecule has 0 aliphatic heterocycles. The van der Waals surface area contributed by atoms with Crippen molar-refractivity contribution in [3.05, 3.63) is 96.1 Å². The zero-order valence-corrected chi connectivity index (χ0v) is 14.9. The molecule has 3 aromatic rings. The lowest BCUT2D eigenvalue weighted by Gasteiger charge is -2.20. The highest BCUT2D eigenvalue weighted by Crippen LogP contribution is 2.16. The van der Waals surface area contributed by atoms with Crippen LogP contribution in [0.4, 0.5) is 0 Å². The highest BCUT2D eigenvalue weighted by molar-refractivity contribution is 5.94. The van der Waals surface area contributed by atoms with Crippen molar-refractivity contribution in [1.82, 2.24) is 0 Å². The van der Waals surface area contributed by atoms with Crippen molar-refractivity contribution >= 4 is 11.9 Å². The summed E-state index contributed by atoms with van der Waals surface area (Å²) in [6.07, 6.45) is -0.878. The summed E-state index contributed by atoms with van der Waals surface area (Å²) in [6.45, 7) is -0.181. The molecule has 0 unspecified atom stereocenters. The summed E-state index contributed by atoms with van der Waals surface area (Å²) in [5.41, 5.74) is 0.144. The van der Waals surface area contributed by atoms with Crippen molar-refractivity contribution in [2.24, 2.45) is 0 Å². The average molecular weight is 378 g/mol. The van der Waals surface area contributed by atoms with E-state index in [0.29, 0.717) is 11.5 Å². The van der Waals surface area contributed by atoms with E-state index in [2.05, 4.69) is 0 Å². The number of carbonyl (C=O) groups excluding carboxylic acids is 1. The Bertz CT molecular complexity index is 883. The first-order chi connectivity index (χ1) is 13.6. The normalized spacial score (nSPS) is 10.3. The number of carbonyl (C=O) groups is 2. The molecule has 0 fully saturated rings. The molecule has 0 saturated carbocycles. The van der Waals surface area contributed by atoms with Crippen LogP contribution in [0.5, 0.6) is 11.5 Å². The third-order valence-corrected chi connectivity index (χ3v) is 3.72. The molecule has 0 heterocycles. The second-order valence-electron chi connectivity index (χ2n) is 5.78. The number of esters is 1. The predicted octanol–water partition coefficient (Wildman–Crippen LogP) is 4.03. The van der Waals surface area contributed by atoms with Gasteiger partial charge in [-0.2, -0.15) is 0 Å². The van der Waals surface area contributed by atoms with E-state index in [1.807, 2.05) is 36.4 Å². The van der Waals surface area contributed by atoms with Crippen LogP contribution in [0.1, 0.15) is 20.7 Å². The van der Waals surface area contributed by atoms with Crippen LogP contribution in [-0.4, -0.2) is 29.9 Å². The van der Waals surface area contributed by atoms with Gasteiger partial charge in [-0.1, -0.05) is 42.5 Å². The SMILES string of the molecule is O=C(O)c1cccc(C(=O)OCC(Oc2ccccc2)Oc2ccccc2)c1. The van der Waals surface area contributed by atoms with Gasteiger partial charge in [-0.3, -0.25) is 0 Å². The predicted molar refractivity (Wildman–Crippen MR) is 102 cm³/mol. The number of carboxylic acids is 1. The lowest BCUT2D eigenvalue weighted by Crippen LogP contribution is -2.31. The summed E-state index contributed by atoms with van der Waals surface area (Å²) in [6, 6.07) is 23.7. The Morgan fingerprint density at radius 1 is 0.750 bits per heavy atom. The number of para-hydroxylation sites is 2. The van der Waals surface area contributed by atoms with Gasteiger partial charge >= 0.3 is 11.9 Å². The largest absolute Gasteiger partial charge is 0.478 e. The molecule has 0 radical (unpaired) electrons. The number of hydrogen-bond donors (Lipinski definition) is 1. The molecule has 0 aliphatic carbocycles. The first-order valence-corrected chi connectivity index (χ1v) is 8.56. The molecular formula is C22H18O6. The maximum Gasteiger partial charge on any atom is 0.338 e. The number of hydrogen-bond acceptors (Lipinski definition) is 5. The van der Waals surface area contributed by atoms with Crippen molar-refractivity contribution in [3.8, 4) is 11.5 Å². The Morgan fingerprint density at radius 3 is 1.82 bits per heavy atom. The topological polar surface area (TPSA) is 82.1 Å². The highest BCUT2D eigenvalue weighted by atomic mass is 16.7. The summed E-state index contributed by atoms with van der Waals surface area (Å²) < 4.78 is 16.8. The molecule has 0 spiro atoms. The Balaban J connectivity index is 1.69. The van der Waals surface area contributed by atoms with Crippen LogP contribution in [-0.2, 0) is 4.74 Å². The van der Waals surface area contributed by atoms with Gasteiger partial charge in [0.2, 0.25) is 0 Å². The number of benzene rings is 3. The first-order valence-electron chi connectivity index (χ1n) is 8.56. The Labute approximate surface area is 161 Å². The van der Waals surface area contributed by atoms with Crippen LogP contribution in [0.2, 0.25) is 0 Å². The van der Waals surface area contributed by atoms with Crippen molar-refractivity contribution in [2.75, 3.05) is 6.61 Å². The molecule has 6 heteroatoms. The second-order valence-corrected chi connectivity index (χ2v) is 5.78. The summed E-state index contributed by atoms with van der Waals surface area (Å²) in [5.74, 6) is -0.659. The van der Waals surface area contributed by atoms with Crippen LogP contribution >= 0.6 is 0 Å². The monoisotopic (exact) mass is 378 g/mol. The first kappa shape index (κ1) is 19.0. The molecule has 3 aromatic carbocycles. The van der Waals surface area contributed by atoms with E-state index in [1.54, 1.807) is 24.3 Å². The van der Waals surface area contributed by atoms with Gasteiger partial charge in [-0.15, -0.1) is 0 Å². The van der Waals surface area contributed by atoms with E-state index in [0.717, 1.165) is 0 Å². The Morgan fingerprint density at radius 2 is 1.29 bits per heavy atom. The zero-order valence-electron chi connectivity index (χ0n) is 14.9. The average Bonchev–Trinajstić information content (AvgIpc) is 2.73. The van der Waals surface area contributed by atoms with Crippen molar-refractivity contribution < 1.29 is 28.9 Å². The number of rotatable bonds is 8. The highest BCUT2D eigenvalue weighted by Gasteiger charge is 2.17. The van der Waals surface area contributed by atoms with E-state index in [-0.39, 0.29) is 17.7 Å². The van der Waals surface area contributed by atoms with Gasteiger partial charge in [0.15, 0.2) is 6.61 Å². The van der Waals surface area contributed by atoms with Gasteiger partial charge in [-0.05, 0) is 42.5 Å². The van der Waals surface area contributed by atoms with E-state index in [1.165, 1.54) is 24.3 Å². The van der Waals surface area contributed by atoms with Gasteiger partial charge in [0, 0.05) is 0 Å². The van der Waals surface area contributed by atoms with E-state index in [9.17, 15) is 9.59 Å². The summed E-state index contributed by atoms with van der Waals surface area (Å²) >= 11 is 0. The third kappa shape index (κ3) is 5.35. The van der Waals surface area contributed by atoms with E-state index >= 15 is 0 Å². The zero-order chi connectivity index (χ0) is 19.8. The van der Waals surface area contributed by atoms with Gasteiger partial charge in [-0.25, -0.2) is 9.59 Å². The molecule has 0 aliphatic rings. The molecule has 0 bridgehead atoms. The molecule has 1 N–H and O–H groups in total. The number of aromatic carboxylic acids is 1. The van der Waals surface area contributed by atoms with Gasteiger partial charge in [0.1, 0.15) is 11.5 Å². The minimum atomic E-state index is -1.12. The molecule has 0 atom stereocenters. The van der Waals surface area contributed by atoms with Crippen LogP contribution in [0.3, 0.4) is 0 Å². The third-order valence-electron chi connectivity index (χ3n) is 3.72. The molecule has 142 valence electrons. The second kappa shape index (κ2) is 9.23. The standard InChI is InChI=1S/C22H18O6/c23-21(24)16-8-7-9-17(14-16)22(25)26-15-20(27-18-10-3-1-4-11-18)28-19-12-5-2-6-13-19/h1-14,20H,15H2,(H,23,24). The van der Waals surface area contributed by atoms with Crippen molar-refractivity contribution in [2.45, 2.75) is 6.29 Å². The lowest BCUT2D eigenvalue weighted by molar-refractivity contribution is -0.0466. The van der Waals surface area contributed by atoms with Gasteiger partial charge < -0.3 is 19.3 Å². The fourth-order valence-corrected chi connectivity index (χ4v) is 2.40. The summed E-state index contributed by atoms with van der Waals surface area (Å²) in [4.78, 5) is 23.4. The van der Waals surface area contributed by atoms with Crippen molar-refractivity contribution in [3.63, 3.8) is 0 Å². The summed E-state index contributed by atoms with van der Waals surface area (Å²) in [7, 11) is 0. The maximum absolute atomic E-state index is 12.3. The molecule has 3 rings (SSSR count).